The molecule has 0 spiro atoms. The van der Waals surface area contributed by atoms with E-state index in [-0.39, 0.29) is 11.7 Å². The number of hydrogen-bond donors (Lipinski definition) is 0. The molecule has 4 aromatic rings. The molecule has 0 bridgehead atoms. The average molecular weight is 401 g/mol. The van der Waals surface area contributed by atoms with Gasteiger partial charge in [0.05, 0.1) is 11.3 Å². The van der Waals surface area contributed by atoms with E-state index in [1.807, 2.05) is 18.2 Å². The van der Waals surface area contributed by atoms with Crippen LogP contribution in [0.25, 0.3) is 5.78 Å². The van der Waals surface area contributed by atoms with Gasteiger partial charge in [-0.3, -0.25) is 4.79 Å². The van der Waals surface area contributed by atoms with Gasteiger partial charge in [0, 0.05) is 18.4 Å². The van der Waals surface area contributed by atoms with E-state index in [2.05, 4.69) is 53.4 Å². The molecule has 0 radical (unpaired) electrons. The summed E-state index contributed by atoms with van der Waals surface area (Å²) in [6.45, 7) is 2.07. The van der Waals surface area contributed by atoms with E-state index in [9.17, 15) is 4.79 Å². The van der Waals surface area contributed by atoms with Crippen LogP contribution in [0.2, 0.25) is 0 Å². The lowest BCUT2D eigenvalue weighted by molar-refractivity contribution is 0.0962. The van der Waals surface area contributed by atoms with Crippen molar-refractivity contribution in [1.29, 1.82) is 0 Å². The monoisotopic (exact) mass is 400 g/mol. The number of nitrogens with zero attached hydrogens (tertiary/aromatic N) is 4. The summed E-state index contributed by atoms with van der Waals surface area (Å²) >= 11 is 1.57. The van der Waals surface area contributed by atoms with Gasteiger partial charge in [0.25, 0.3) is 5.78 Å². The van der Waals surface area contributed by atoms with Crippen LogP contribution in [0.4, 0.5) is 0 Å². The van der Waals surface area contributed by atoms with Crippen LogP contribution >= 0.6 is 11.8 Å². The van der Waals surface area contributed by atoms with E-state index in [0.29, 0.717) is 22.9 Å². The summed E-state index contributed by atoms with van der Waals surface area (Å²) in [6.07, 6.45) is 3.05. The van der Waals surface area contributed by atoms with Crippen LogP contribution in [0.3, 0.4) is 0 Å². The maximum atomic E-state index is 12.8. The van der Waals surface area contributed by atoms with Gasteiger partial charge in [-0.05, 0) is 30.4 Å². The first kappa shape index (κ1) is 18.1. The highest BCUT2D eigenvalue weighted by atomic mass is 32.2. The normalized spacial score (nSPS) is 16.2. The van der Waals surface area contributed by atoms with Crippen molar-refractivity contribution >= 4 is 23.3 Å². The third kappa shape index (κ3) is 3.68. The van der Waals surface area contributed by atoms with Crippen molar-refractivity contribution < 1.29 is 4.79 Å². The highest BCUT2D eigenvalue weighted by Crippen LogP contribution is 2.32. The fraction of sp³-hybridized carbons (Fsp3) is 0.217. The molecule has 29 heavy (non-hydrogen) atoms. The number of rotatable bonds is 4. The Balaban J connectivity index is 1.41. The minimum atomic E-state index is 0.125. The third-order valence-electron chi connectivity index (χ3n) is 5.32. The number of aromatic nitrogens is 4. The zero-order valence-electron chi connectivity index (χ0n) is 16.1. The first-order valence-electron chi connectivity index (χ1n) is 9.68. The molecule has 1 aliphatic rings. The number of benzene rings is 2. The van der Waals surface area contributed by atoms with E-state index >= 15 is 0 Å². The highest BCUT2D eigenvalue weighted by Gasteiger charge is 2.28. The predicted octanol–water partition coefficient (Wildman–Crippen LogP) is 4.64. The Morgan fingerprint density at radius 1 is 1.03 bits per heavy atom. The van der Waals surface area contributed by atoms with Gasteiger partial charge in [-0.15, -0.1) is 5.10 Å². The van der Waals surface area contributed by atoms with E-state index < -0.39 is 0 Å². The van der Waals surface area contributed by atoms with Crippen LogP contribution in [0.1, 0.15) is 45.1 Å². The number of Topliss-reactive ketones (excluding diaryl/α,β-unsaturated/α-hetero) is 1. The Bertz CT molecular complexity index is 1180. The molecule has 0 saturated carbocycles. The van der Waals surface area contributed by atoms with Crippen molar-refractivity contribution in [2.75, 3.05) is 0 Å². The molecule has 0 aliphatic heterocycles. The van der Waals surface area contributed by atoms with Gasteiger partial charge < -0.3 is 0 Å². The summed E-state index contributed by atoms with van der Waals surface area (Å²) in [5.74, 6) is 1.64. The van der Waals surface area contributed by atoms with Crippen LogP contribution in [-0.4, -0.2) is 25.4 Å². The van der Waals surface area contributed by atoms with Gasteiger partial charge in [0.2, 0.25) is 5.16 Å². The van der Waals surface area contributed by atoms with Crippen molar-refractivity contribution in [1.82, 2.24) is 19.6 Å². The van der Waals surface area contributed by atoms with Gasteiger partial charge in [0.1, 0.15) is 0 Å². The molecule has 1 atom stereocenters. The standard InChI is InChI=1S/C23H20N4OS/c1-15-7-9-17(10-8-15)18-11-20-19(21(28)12-18)13-27-22(24-20)25-23(26-27)29-14-16-5-3-2-4-6-16/h2-10,13,18H,11-12,14H2,1H3. The minimum Gasteiger partial charge on any atom is -0.294 e. The van der Waals surface area contributed by atoms with Crippen molar-refractivity contribution in [3.05, 3.63) is 88.7 Å². The highest BCUT2D eigenvalue weighted by molar-refractivity contribution is 7.98. The van der Waals surface area contributed by atoms with E-state index in [0.717, 1.165) is 17.9 Å². The largest absolute Gasteiger partial charge is 0.294 e. The minimum absolute atomic E-state index is 0.125. The summed E-state index contributed by atoms with van der Waals surface area (Å²) in [4.78, 5) is 22.0. The van der Waals surface area contributed by atoms with Crippen molar-refractivity contribution in [2.45, 2.75) is 36.6 Å². The lowest BCUT2D eigenvalue weighted by Gasteiger charge is -2.23. The first-order valence-corrected chi connectivity index (χ1v) is 10.7. The molecule has 0 amide bonds. The second-order valence-electron chi connectivity index (χ2n) is 7.45. The average Bonchev–Trinajstić information content (AvgIpc) is 3.14. The fourth-order valence-corrected chi connectivity index (χ4v) is 4.50. The number of fused-ring (bicyclic) bond motifs is 2. The number of hydrogen-bond acceptors (Lipinski definition) is 5. The van der Waals surface area contributed by atoms with Crippen molar-refractivity contribution in [3.8, 4) is 0 Å². The lowest BCUT2D eigenvalue weighted by atomic mass is 9.82. The Morgan fingerprint density at radius 2 is 1.83 bits per heavy atom. The van der Waals surface area contributed by atoms with E-state index in [4.69, 9.17) is 4.98 Å². The van der Waals surface area contributed by atoms with E-state index in [1.54, 1.807) is 22.5 Å². The Morgan fingerprint density at radius 3 is 2.62 bits per heavy atom. The number of carbonyl (C=O) groups is 1. The van der Waals surface area contributed by atoms with Gasteiger partial charge in [0.15, 0.2) is 5.78 Å². The van der Waals surface area contributed by atoms with Gasteiger partial charge >= 0.3 is 0 Å². The van der Waals surface area contributed by atoms with Crippen molar-refractivity contribution in [2.24, 2.45) is 0 Å². The summed E-state index contributed by atoms with van der Waals surface area (Å²) in [6, 6.07) is 18.7. The van der Waals surface area contributed by atoms with Gasteiger partial charge in [-0.1, -0.05) is 71.9 Å². The molecule has 2 heterocycles. The second-order valence-corrected chi connectivity index (χ2v) is 8.40. The van der Waals surface area contributed by atoms with Gasteiger partial charge in [-0.2, -0.15) is 4.98 Å². The van der Waals surface area contributed by atoms with E-state index in [1.165, 1.54) is 16.7 Å². The molecule has 144 valence electrons. The van der Waals surface area contributed by atoms with Crippen LogP contribution < -0.4 is 0 Å². The summed E-state index contributed by atoms with van der Waals surface area (Å²) < 4.78 is 1.64. The summed E-state index contributed by atoms with van der Waals surface area (Å²) in [7, 11) is 0. The van der Waals surface area contributed by atoms with Crippen molar-refractivity contribution in [3.63, 3.8) is 0 Å². The molecule has 5 nitrogen and oxygen atoms in total. The summed E-state index contributed by atoms with van der Waals surface area (Å²) in [5.41, 5.74) is 5.13. The molecule has 5 rings (SSSR count). The molecule has 2 aromatic carbocycles. The Labute approximate surface area is 173 Å². The molecule has 6 heteroatoms. The van der Waals surface area contributed by atoms with Crippen LogP contribution in [0, 0.1) is 6.92 Å². The fourth-order valence-electron chi connectivity index (χ4n) is 3.72. The number of aryl methyl sites for hydroxylation is 1. The molecular weight excluding hydrogens is 380 g/mol. The zero-order chi connectivity index (χ0) is 19.8. The number of thioether (sulfide) groups is 1. The Hall–Kier alpha value is -2.99. The SMILES string of the molecule is Cc1ccc(C2CC(=O)c3cn4nc(SCc5ccccc5)nc4nc3C2)cc1. The first-order chi connectivity index (χ1) is 14.2. The summed E-state index contributed by atoms with van der Waals surface area (Å²) in [5, 5.41) is 5.18. The second kappa shape index (κ2) is 7.44. The molecule has 0 N–H and O–H groups in total. The molecule has 1 unspecified atom stereocenters. The molecule has 0 fully saturated rings. The number of ketones is 1. The van der Waals surface area contributed by atoms with Crippen LogP contribution in [-0.2, 0) is 12.2 Å². The predicted molar refractivity (Wildman–Crippen MR) is 113 cm³/mol. The lowest BCUT2D eigenvalue weighted by Crippen LogP contribution is -2.21. The molecule has 2 aromatic heterocycles. The number of carbonyl (C=O) groups excluding carboxylic acids is 1. The Kier molecular flexibility index (Phi) is 4.64. The maximum absolute atomic E-state index is 12.8. The zero-order valence-corrected chi connectivity index (χ0v) is 16.9. The van der Waals surface area contributed by atoms with Crippen LogP contribution in [0.5, 0.6) is 0 Å². The maximum Gasteiger partial charge on any atom is 0.253 e. The smallest absolute Gasteiger partial charge is 0.253 e. The molecule has 0 saturated heterocycles. The third-order valence-corrected chi connectivity index (χ3v) is 6.23. The van der Waals surface area contributed by atoms with Gasteiger partial charge in [-0.25, -0.2) is 9.50 Å². The quantitative estimate of drug-likeness (QED) is 0.467. The van der Waals surface area contributed by atoms with Crippen LogP contribution in [0.15, 0.2) is 66.0 Å². The topological polar surface area (TPSA) is 60.2 Å². The molecule has 1 aliphatic carbocycles. The molecular formula is C23H20N4OS.